The fraction of sp³-hybridized carbons (Fsp3) is 0.231. The van der Waals surface area contributed by atoms with Crippen LogP contribution in [0.5, 0.6) is 0 Å². The van der Waals surface area contributed by atoms with Gasteiger partial charge in [-0.2, -0.15) is 0 Å². The number of hydrogen-bond acceptors (Lipinski definition) is 5. The van der Waals surface area contributed by atoms with E-state index in [0.717, 1.165) is 11.0 Å². The van der Waals surface area contributed by atoms with E-state index in [9.17, 15) is 4.79 Å². The summed E-state index contributed by atoms with van der Waals surface area (Å²) in [7, 11) is 1.93. The minimum absolute atomic E-state index is 0.0416. The Hall–Kier alpha value is -2.90. The van der Waals surface area contributed by atoms with Crippen molar-refractivity contribution >= 4 is 22.8 Å². The van der Waals surface area contributed by atoms with Gasteiger partial charge in [0.15, 0.2) is 11.5 Å². The quantitative estimate of drug-likeness (QED) is 0.725. The number of hydrogen-bond donors (Lipinski definition) is 2. The molecule has 21 heavy (non-hydrogen) atoms. The van der Waals surface area contributed by atoms with Crippen LogP contribution in [0.15, 0.2) is 31.1 Å². The molecule has 0 amide bonds. The number of carboxylic acids is 1. The Morgan fingerprint density at radius 3 is 2.95 bits per heavy atom. The van der Waals surface area contributed by atoms with Crippen LogP contribution in [0.25, 0.3) is 11.0 Å². The molecule has 0 fully saturated rings. The van der Waals surface area contributed by atoms with Gasteiger partial charge in [0.2, 0.25) is 0 Å². The smallest absolute Gasteiger partial charge is 0.356 e. The molecular weight excluding hydrogens is 272 g/mol. The Kier molecular flexibility index (Phi) is 3.27. The van der Waals surface area contributed by atoms with Crippen molar-refractivity contribution in [2.45, 2.75) is 6.54 Å². The van der Waals surface area contributed by atoms with E-state index in [1.54, 1.807) is 17.1 Å². The van der Waals surface area contributed by atoms with Gasteiger partial charge in [-0.05, 0) is 6.07 Å². The number of anilines is 1. The molecule has 0 aromatic carbocycles. The first-order valence-electron chi connectivity index (χ1n) is 6.40. The van der Waals surface area contributed by atoms with Crippen LogP contribution in [0.3, 0.4) is 0 Å². The molecule has 108 valence electrons. The molecule has 0 aliphatic heterocycles. The van der Waals surface area contributed by atoms with Gasteiger partial charge >= 0.3 is 5.97 Å². The van der Waals surface area contributed by atoms with Crippen molar-refractivity contribution in [2.75, 3.05) is 11.9 Å². The second-order valence-corrected chi connectivity index (χ2v) is 4.61. The zero-order valence-electron chi connectivity index (χ0n) is 11.4. The van der Waals surface area contributed by atoms with Crippen molar-refractivity contribution in [1.82, 2.24) is 24.1 Å². The van der Waals surface area contributed by atoms with E-state index >= 15 is 0 Å². The molecule has 8 nitrogen and oxygen atoms in total. The number of nitrogens with zero attached hydrogens (tertiary/aromatic N) is 5. The molecule has 0 unspecified atom stereocenters. The van der Waals surface area contributed by atoms with Crippen LogP contribution in [-0.2, 0) is 13.6 Å². The Morgan fingerprint density at radius 2 is 2.19 bits per heavy atom. The highest BCUT2D eigenvalue weighted by Crippen LogP contribution is 2.18. The van der Waals surface area contributed by atoms with Gasteiger partial charge in [0.1, 0.15) is 5.52 Å². The van der Waals surface area contributed by atoms with Gasteiger partial charge in [-0.15, -0.1) is 0 Å². The van der Waals surface area contributed by atoms with Gasteiger partial charge in [-0.1, -0.05) is 0 Å². The van der Waals surface area contributed by atoms with Crippen LogP contribution < -0.4 is 5.32 Å². The van der Waals surface area contributed by atoms with Gasteiger partial charge in [0.25, 0.3) is 0 Å². The van der Waals surface area contributed by atoms with E-state index in [1.165, 1.54) is 12.5 Å². The topological polar surface area (TPSA) is 97.9 Å². The molecular formula is C13H14N6O2. The molecule has 0 saturated heterocycles. The maximum Gasteiger partial charge on any atom is 0.356 e. The van der Waals surface area contributed by atoms with E-state index < -0.39 is 5.97 Å². The van der Waals surface area contributed by atoms with Crippen LogP contribution in [0.1, 0.15) is 10.5 Å². The lowest BCUT2D eigenvalue weighted by molar-refractivity contribution is 0.0691. The second kappa shape index (κ2) is 5.23. The van der Waals surface area contributed by atoms with E-state index in [-0.39, 0.29) is 5.69 Å². The SMILES string of the molecule is Cn1cnc2c(NCCn3cnc(C(=O)O)c3)nccc21. The first-order valence-corrected chi connectivity index (χ1v) is 6.40. The van der Waals surface area contributed by atoms with Crippen LogP contribution >= 0.6 is 0 Å². The predicted octanol–water partition coefficient (Wildman–Crippen LogP) is 0.975. The molecule has 2 N–H and O–H groups in total. The lowest BCUT2D eigenvalue weighted by Gasteiger charge is -2.06. The fourth-order valence-corrected chi connectivity index (χ4v) is 2.09. The fourth-order valence-electron chi connectivity index (χ4n) is 2.09. The zero-order valence-corrected chi connectivity index (χ0v) is 11.4. The number of fused-ring (bicyclic) bond motifs is 1. The third-order valence-corrected chi connectivity index (χ3v) is 3.16. The summed E-state index contributed by atoms with van der Waals surface area (Å²) in [5, 5.41) is 12.0. The molecule has 0 saturated carbocycles. The number of aromatic carboxylic acids is 1. The minimum atomic E-state index is -1.03. The van der Waals surface area contributed by atoms with E-state index in [0.29, 0.717) is 18.9 Å². The summed E-state index contributed by atoms with van der Waals surface area (Å²) < 4.78 is 3.65. The molecule has 0 bridgehead atoms. The summed E-state index contributed by atoms with van der Waals surface area (Å²) in [5.41, 5.74) is 1.86. The first kappa shape index (κ1) is 13.1. The maximum atomic E-state index is 10.7. The van der Waals surface area contributed by atoms with E-state index in [2.05, 4.69) is 20.3 Å². The van der Waals surface area contributed by atoms with Crippen molar-refractivity contribution in [3.05, 3.63) is 36.8 Å². The maximum absolute atomic E-state index is 10.7. The summed E-state index contributed by atoms with van der Waals surface area (Å²) in [6.07, 6.45) is 6.47. The highest BCUT2D eigenvalue weighted by molar-refractivity contribution is 5.86. The number of rotatable bonds is 5. The minimum Gasteiger partial charge on any atom is -0.476 e. The number of aromatic nitrogens is 5. The second-order valence-electron chi connectivity index (χ2n) is 4.61. The third kappa shape index (κ3) is 2.55. The average molecular weight is 286 g/mol. The Bertz CT molecular complexity index is 791. The molecule has 8 heteroatoms. The molecule has 0 aliphatic carbocycles. The molecule has 0 spiro atoms. The highest BCUT2D eigenvalue weighted by atomic mass is 16.4. The Balaban J connectivity index is 1.67. The highest BCUT2D eigenvalue weighted by Gasteiger charge is 2.08. The monoisotopic (exact) mass is 286 g/mol. The van der Waals surface area contributed by atoms with Crippen LogP contribution in [0, 0.1) is 0 Å². The van der Waals surface area contributed by atoms with Gasteiger partial charge in [0.05, 0.1) is 18.2 Å². The van der Waals surface area contributed by atoms with Crippen LogP contribution in [0.4, 0.5) is 5.82 Å². The number of imidazole rings is 2. The number of nitrogens with one attached hydrogen (secondary N) is 1. The lowest BCUT2D eigenvalue weighted by Crippen LogP contribution is -2.10. The van der Waals surface area contributed by atoms with Crippen molar-refractivity contribution in [2.24, 2.45) is 7.05 Å². The van der Waals surface area contributed by atoms with E-state index in [4.69, 9.17) is 5.11 Å². The Morgan fingerprint density at radius 1 is 1.33 bits per heavy atom. The number of aryl methyl sites for hydroxylation is 1. The third-order valence-electron chi connectivity index (χ3n) is 3.16. The lowest BCUT2D eigenvalue weighted by atomic mass is 10.3. The summed E-state index contributed by atoms with van der Waals surface area (Å²) in [6.45, 7) is 1.18. The van der Waals surface area contributed by atoms with Crippen molar-refractivity contribution < 1.29 is 9.90 Å². The molecule has 3 aromatic rings. The standard InChI is InChI=1S/C13H14N6O2/c1-18-7-17-11-10(18)2-3-14-12(11)15-4-5-19-6-9(13(20)21)16-8-19/h2-3,6-8H,4-5H2,1H3,(H,14,15)(H,20,21). The van der Waals surface area contributed by atoms with Gasteiger partial charge in [-0.3, -0.25) is 0 Å². The molecule has 3 rings (SSSR count). The normalized spacial score (nSPS) is 10.9. The van der Waals surface area contributed by atoms with Crippen molar-refractivity contribution in [3.63, 3.8) is 0 Å². The van der Waals surface area contributed by atoms with Crippen LogP contribution in [-0.4, -0.2) is 41.7 Å². The number of carbonyl (C=O) groups is 1. The summed E-state index contributed by atoms with van der Waals surface area (Å²) in [4.78, 5) is 23.1. The molecule has 3 aromatic heterocycles. The van der Waals surface area contributed by atoms with Crippen LogP contribution in [0.2, 0.25) is 0 Å². The molecule has 0 radical (unpaired) electrons. The summed E-state index contributed by atoms with van der Waals surface area (Å²) in [6, 6.07) is 1.91. The van der Waals surface area contributed by atoms with Gasteiger partial charge in [0, 0.05) is 32.5 Å². The molecule has 0 atom stereocenters. The zero-order chi connectivity index (χ0) is 14.8. The summed E-state index contributed by atoms with van der Waals surface area (Å²) >= 11 is 0. The van der Waals surface area contributed by atoms with E-state index in [1.807, 2.05) is 17.7 Å². The molecule has 3 heterocycles. The Labute approximate surface area is 120 Å². The van der Waals surface area contributed by atoms with Gasteiger partial charge < -0.3 is 19.6 Å². The van der Waals surface area contributed by atoms with Crippen molar-refractivity contribution in [1.29, 1.82) is 0 Å². The predicted molar refractivity (Wildman–Crippen MR) is 76.2 cm³/mol. The largest absolute Gasteiger partial charge is 0.476 e. The van der Waals surface area contributed by atoms with Gasteiger partial charge in [-0.25, -0.2) is 19.7 Å². The number of pyridine rings is 1. The number of carboxylic acid groups (broad SMARTS) is 1. The first-order chi connectivity index (χ1) is 10.1. The average Bonchev–Trinajstić information content (AvgIpc) is 3.07. The summed E-state index contributed by atoms with van der Waals surface area (Å²) in [5.74, 6) is -0.312. The van der Waals surface area contributed by atoms with Crippen molar-refractivity contribution in [3.8, 4) is 0 Å². The molecule has 0 aliphatic rings.